The number of nitrogens with one attached hydrogen (secondary N) is 1. The van der Waals surface area contributed by atoms with Crippen LogP contribution in [-0.4, -0.2) is 22.6 Å². The summed E-state index contributed by atoms with van der Waals surface area (Å²) in [6.07, 6.45) is 1.71. The number of aromatic nitrogens is 2. The van der Waals surface area contributed by atoms with Gasteiger partial charge in [0.25, 0.3) is 5.91 Å². The number of aryl methyl sites for hydroxylation is 1. The van der Waals surface area contributed by atoms with Gasteiger partial charge < -0.3 is 14.6 Å². The highest BCUT2D eigenvalue weighted by molar-refractivity contribution is 6.31. The molecule has 2 aromatic carbocycles. The fourth-order valence-corrected chi connectivity index (χ4v) is 2.97. The number of nitrogens with zero attached hydrogens (tertiary/aromatic N) is 2. The molecule has 0 spiro atoms. The van der Waals surface area contributed by atoms with E-state index in [4.69, 9.17) is 16.3 Å². The Kier molecular flexibility index (Phi) is 4.90. The third kappa shape index (κ3) is 3.30. The number of methoxy groups -OCH3 is 1. The molecule has 0 bridgehead atoms. The van der Waals surface area contributed by atoms with Crippen molar-refractivity contribution in [2.45, 2.75) is 13.2 Å². The second-order valence-electron chi connectivity index (χ2n) is 5.59. The summed E-state index contributed by atoms with van der Waals surface area (Å²) in [5, 5.41) is 3.09. The number of amides is 1. The third-order valence-corrected chi connectivity index (χ3v) is 4.40. The molecule has 0 aliphatic carbocycles. The molecule has 1 heterocycles. The molecule has 0 aliphatic rings. The van der Waals surface area contributed by atoms with Crippen LogP contribution in [-0.2, 0) is 20.3 Å². The Morgan fingerprint density at radius 3 is 2.84 bits per heavy atom. The van der Waals surface area contributed by atoms with E-state index < -0.39 is 6.67 Å². The molecule has 0 saturated heterocycles. The molecule has 1 N–H and O–H groups in total. The molecule has 0 unspecified atom stereocenters. The van der Waals surface area contributed by atoms with Crippen LogP contribution < -0.4 is 10.1 Å². The maximum Gasteiger partial charge on any atom is 0.251 e. The van der Waals surface area contributed by atoms with Gasteiger partial charge in [0.15, 0.2) is 0 Å². The smallest absolute Gasteiger partial charge is 0.251 e. The lowest BCUT2D eigenvalue weighted by molar-refractivity contribution is 0.0951. The standard InChI is InChI=1S/C18H17ClFN3O2/c1-23-10-22-15-5-6-16(25-2)13(17(15)23)9-21-18(24)11-3-4-12(8-20)14(19)7-11/h3-7,10H,8-9H2,1-2H3,(H,21,24). The highest BCUT2D eigenvalue weighted by Gasteiger charge is 2.14. The van der Waals surface area contributed by atoms with Crippen LogP contribution in [0.1, 0.15) is 21.5 Å². The Morgan fingerprint density at radius 2 is 2.16 bits per heavy atom. The lowest BCUT2D eigenvalue weighted by Gasteiger charge is -2.12. The number of alkyl halides is 1. The number of carbonyl (C=O) groups excluding carboxylic acids is 1. The van der Waals surface area contributed by atoms with Gasteiger partial charge >= 0.3 is 0 Å². The van der Waals surface area contributed by atoms with Crippen LogP contribution in [0.15, 0.2) is 36.7 Å². The maximum absolute atomic E-state index is 12.7. The number of carbonyl (C=O) groups is 1. The van der Waals surface area contributed by atoms with E-state index in [2.05, 4.69) is 10.3 Å². The molecule has 5 nitrogen and oxygen atoms in total. The first-order chi connectivity index (χ1) is 12.0. The van der Waals surface area contributed by atoms with Crippen molar-refractivity contribution in [2.75, 3.05) is 7.11 Å². The summed E-state index contributed by atoms with van der Waals surface area (Å²) < 4.78 is 20.0. The van der Waals surface area contributed by atoms with Crippen LogP contribution in [0.4, 0.5) is 4.39 Å². The van der Waals surface area contributed by atoms with Gasteiger partial charge in [0.1, 0.15) is 12.4 Å². The zero-order valence-corrected chi connectivity index (χ0v) is 14.6. The molecule has 1 amide bonds. The van der Waals surface area contributed by atoms with E-state index in [1.54, 1.807) is 19.5 Å². The molecule has 3 aromatic rings. The van der Waals surface area contributed by atoms with Gasteiger partial charge in [-0.2, -0.15) is 0 Å². The first kappa shape index (κ1) is 17.2. The lowest BCUT2D eigenvalue weighted by Crippen LogP contribution is -2.23. The quantitative estimate of drug-likeness (QED) is 0.755. The number of hydrogen-bond acceptors (Lipinski definition) is 3. The predicted molar refractivity (Wildman–Crippen MR) is 94.7 cm³/mol. The zero-order chi connectivity index (χ0) is 18.0. The van der Waals surface area contributed by atoms with E-state index in [0.717, 1.165) is 16.6 Å². The summed E-state index contributed by atoms with van der Waals surface area (Å²) in [4.78, 5) is 16.7. The third-order valence-electron chi connectivity index (χ3n) is 4.05. The Bertz CT molecular complexity index is 939. The van der Waals surface area contributed by atoms with Crippen LogP contribution in [0.3, 0.4) is 0 Å². The molecule has 0 atom stereocenters. The normalized spacial score (nSPS) is 10.9. The fraction of sp³-hybridized carbons (Fsp3) is 0.222. The van der Waals surface area contributed by atoms with Crippen molar-refractivity contribution in [1.29, 1.82) is 0 Å². The molecule has 1 aromatic heterocycles. The van der Waals surface area contributed by atoms with Crippen molar-refractivity contribution in [3.8, 4) is 5.75 Å². The van der Waals surface area contributed by atoms with Crippen molar-refractivity contribution in [3.05, 3.63) is 58.4 Å². The molecule has 0 radical (unpaired) electrons. The monoisotopic (exact) mass is 361 g/mol. The Labute approximate surface area is 149 Å². The van der Waals surface area contributed by atoms with E-state index in [0.29, 0.717) is 16.9 Å². The number of hydrogen-bond donors (Lipinski definition) is 1. The maximum atomic E-state index is 12.7. The van der Waals surface area contributed by atoms with Crippen LogP contribution in [0, 0.1) is 0 Å². The summed E-state index contributed by atoms with van der Waals surface area (Å²) >= 11 is 5.97. The van der Waals surface area contributed by atoms with E-state index in [9.17, 15) is 9.18 Å². The van der Waals surface area contributed by atoms with E-state index >= 15 is 0 Å². The lowest BCUT2D eigenvalue weighted by atomic mass is 10.1. The highest BCUT2D eigenvalue weighted by Crippen LogP contribution is 2.27. The number of benzene rings is 2. The fourth-order valence-electron chi connectivity index (χ4n) is 2.74. The topological polar surface area (TPSA) is 56.1 Å². The SMILES string of the molecule is COc1ccc2ncn(C)c2c1CNC(=O)c1ccc(CF)c(Cl)c1. The number of fused-ring (bicyclic) bond motifs is 1. The molecular weight excluding hydrogens is 345 g/mol. The molecule has 25 heavy (non-hydrogen) atoms. The molecule has 0 aliphatic heterocycles. The second-order valence-corrected chi connectivity index (χ2v) is 6.00. The zero-order valence-electron chi connectivity index (χ0n) is 13.8. The molecule has 130 valence electrons. The van der Waals surface area contributed by atoms with Crippen molar-refractivity contribution in [2.24, 2.45) is 7.05 Å². The number of rotatable bonds is 5. The molecular formula is C18H17ClFN3O2. The van der Waals surface area contributed by atoms with Gasteiger partial charge in [0.2, 0.25) is 0 Å². The Morgan fingerprint density at radius 1 is 1.36 bits per heavy atom. The van der Waals surface area contributed by atoms with E-state index in [1.165, 1.54) is 12.1 Å². The summed E-state index contributed by atoms with van der Waals surface area (Å²) in [6.45, 7) is -0.401. The Balaban J connectivity index is 1.86. The highest BCUT2D eigenvalue weighted by atomic mass is 35.5. The van der Waals surface area contributed by atoms with Crippen LogP contribution in [0.25, 0.3) is 11.0 Å². The summed E-state index contributed by atoms with van der Waals surface area (Å²) in [5.74, 6) is 0.371. The summed E-state index contributed by atoms with van der Waals surface area (Å²) in [6, 6.07) is 8.23. The van der Waals surface area contributed by atoms with Gasteiger partial charge in [-0.15, -0.1) is 0 Å². The van der Waals surface area contributed by atoms with Gasteiger partial charge in [-0.3, -0.25) is 4.79 Å². The van der Waals surface area contributed by atoms with E-state index in [-0.39, 0.29) is 17.5 Å². The molecule has 0 fully saturated rings. The minimum Gasteiger partial charge on any atom is -0.496 e. The van der Waals surface area contributed by atoms with Crippen LogP contribution in [0.5, 0.6) is 5.75 Å². The minimum atomic E-state index is -0.666. The van der Waals surface area contributed by atoms with Crippen LogP contribution in [0.2, 0.25) is 5.02 Å². The van der Waals surface area contributed by atoms with Gasteiger partial charge in [-0.25, -0.2) is 9.37 Å². The first-order valence-electron chi connectivity index (χ1n) is 7.64. The van der Waals surface area contributed by atoms with Crippen molar-refractivity contribution in [1.82, 2.24) is 14.9 Å². The first-order valence-corrected chi connectivity index (χ1v) is 8.02. The summed E-state index contributed by atoms with van der Waals surface area (Å²) in [5.41, 5.74) is 3.28. The average Bonchev–Trinajstić information content (AvgIpc) is 3.00. The molecule has 7 heteroatoms. The number of imidazole rings is 1. The predicted octanol–water partition coefficient (Wildman–Crippen LogP) is 3.63. The van der Waals surface area contributed by atoms with Gasteiger partial charge in [0, 0.05) is 35.3 Å². The largest absolute Gasteiger partial charge is 0.496 e. The van der Waals surface area contributed by atoms with Crippen molar-refractivity contribution in [3.63, 3.8) is 0 Å². The number of halogens is 2. The number of ether oxygens (including phenoxy) is 1. The molecule has 0 saturated carbocycles. The van der Waals surface area contributed by atoms with Crippen molar-refractivity contribution < 1.29 is 13.9 Å². The van der Waals surface area contributed by atoms with Crippen LogP contribution >= 0.6 is 11.6 Å². The average molecular weight is 362 g/mol. The van der Waals surface area contributed by atoms with Crippen molar-refractivity contribution >= 4 is 28.5 Å². The second kappa shape index (κ2) is 7.11. The van der Waals surface area contributed by atoms with Gasteiger partial charge in [-0.1, -0.05) is 17.7 Å². The molecule has 3 rings (SSSR count). The van der Waals surface area contributed by atoms with Gasteiger partial charge in [0.05, 0.1) is 24.5 Å². The Hall–Kier alpha value is -2.60. The van der Waals surface area contributed by atoms with E-state index in [1.807, 2.05) is 23.7 Å². The summed E-state index contributed by atoms with van der Waals surface area (Å²) in [7, 11) is 3.47. The minimum absolute atomic E-state index is 0.237. The van der Waals surface area contributed by atoms with Gasteiger partial charge in [-0.05, 0) is 24.3 Å².